The number of methoxy groups -OCH3 is 1. The molecular weight excluding hydrogens is 170 g/mol. The predicted octanol–water partition coefficient (Wildman–Crippen LogP) is 1.35. The molecule has 0 saturated carbocycles. The molecule has 0 rings (SSSR count). The molecular formula is C9H17NO3. The van der Waals surface area contributed by atoms with E-state index in [2.05, 4.69) is 10.1 Å². The Morgan fingerprint density at radius 2 is 1.92 bits per heavy atom. The van der Waals surface area contributed by atoms with Crippen molar-refractivity contribution in [2.24, 2.45) is 5.92 Å². The highest BCUT2D eigenvalue weighted by Gasteiger charge is 2.21. The molecule has 1 N–H and O–H groups in total. The summed E-state index contributed by atoms with van der Waals surface area (Å²) in [7, 11) is 1.28. The van der Waals surface area contributed by atoms with Gasteiger partial charge in [-0.2, -0.15) is 0 Å². The molecule has 13 heavy (non-hydrogen) atoms. The maximum atomic E-state index is 11.5. The van der Waals surface area contributed by atoms with Gasteiger partial charge in [-0.1, -0.05) is 20.8 Å². The van der Waals surface area contributed by atoms with Gasteiger partial charge in [0.2, 0.25) is 0 Å². The summed E-state index contributed by atoms with van der Waals surface area (Å²) in [5.41, 5.74) is 0. The Kier molecular flexibility index (Phi) is 5.11. The zero-order valence-electron chi connectivity index (χ0n) is 8.59. The summed E-state index contributed by atoms with van der Waals surface area (Å²) < 4.78 is 4.41. The second-order valence-corrected chi connectivity index (χ2v) is 3.15. The minimum Gasteiger partial charge on any atom is -0.453 e. The molecule has 0 aromatic carbocycles. The van der Waals surface area contributed by atoms with Crippen LogP contribution in [0.5, 0.6) is 0 Å². The molecule has 0 aromatic rings. The Morgan fingerprint density at radius 3 is 2.23 bits per heavy atom. The Morgan fingerprint density at radius 1 is 1.38 bits per heavy atom. The zero-order valence-corrected chi connectivity index (χ0v) is 8.59. The molecule has 1 unspecified atom stereocenters. The number of amides is 1. The highest BCUT2D eigenvalue weighted by Crippen LogP contribution is 2.03. The van der Waals surface area contributed by atoms with Gasteiger partial charge < -0.3 is 10.1 Å². The molecule has 0 aliphatic carbocycles. The summed E-state index contributed by atoms with van der Waals surface area (Å²) in [5.74, 6) is -0.0324. The lowest BCUT2D eigenvalue weighted by Crippen LogP contribution is -2.42. The predicted molar refractivity (Wildman–Crippen MR) is 49.5 cm³/mol. The first-order valence-corrected chi connectivity index (χ1v) is 4.41. The van der Waals surface area contributed by atoms with Crippen LogP contribution < -0.4 is 5.32 Å². The second-order valence-electron chi connectivity index (χ2n) is 3.15. The molecule has 0 heterocycles. The van der Waals surface area contributed by atoms with Crippen LogP contribution in [-0.4, -0.2) is 25.0 Å². The summed E-state index contributed by atoms with van der Waals surface area (Å²) in [6.07, 6.45) is 0.0346. The molecule has 0 aliphatic rings. The molecule has 76 valence electrons. The van der Waals surface area contributed by atoms with Gasteiger partial charge in [0, 0.05) is 5.92 Å². The van der Waals surface area contributed by atoms with E-state index in [0.29, 0.717) is 6.42 Å². The average molecular weight is 187 g/mol. The van der Waals surface area contributed by atoms with Crippen molar-refractivity contribution in [3.63, 3.8) is 0 Å². The number of carbonyl (C=O) groups excluding carboxylic acids is 2. The standard InChI is InChI=1S/C9H17NO3/c1-5-7(8(11)6(2)3)10-9(12)13-4/h6-7H,5H2,1-4H3,(H,10,12). The van der Waals surface area contributed by atoms with E-state index in [1.165, 1.54) is 7.11 Å². The van der Waals surface area contributed by atoms with Crippen molar-refractivity contribution in [2.75, 3.05) is 7.11 Å². The van der Waals surface area contributed by atoms with E-state index in [0.717, 1.165) is 0 Å². The number of Topliss-reactive ketones (excluding diaryl/α,β-unsaturated/α-hetero) is 1. The Bertz CT molecular complexity index is 189. The minimum atomic E-state index is -0.555. The fraction of sp³-hybridized carbons (Fsp3) is 0.778. The smallest absolute Gasteiger partial charge is 0.407 e. The number of hydrogen-bond donors (Lipinski definition) is 1. The number of hydrogen-bond acceptors (Lipinski definition) is 3. The maximum absolute atomic E-state index is 11.5. The van der Waals surface area contributed by atoms with Crippen LogP contribution in [0.25, 0.3) is 0 Å². The largest absolute Gasteiger partial charge is 0.453 e. The van der Waals surface area contributed by atoms with Gasteiger partial charge in [-0.25, -0.2) is 4.79 Å². The first-order valence-electron chi connectivity index (χ1n) is 4.41. The van der Waals surface area contributed by atoms with E-state index in [4.69, 9.17) is 0 Å². The summed E-state index contributed by atoms with van der Waals surface area (Å²) in [4.78, 5) is 22.3. The second kappa shape index (κ2) is 5.56. The lowest BCUT2D eigenvalue weighted by molar-refractivity contribution is -0.123. The van der Waals surface area contributed by atoms with E-state index >= 15 is 0 Å². The highest BCUT2D eigenvalue weighted by molar-refractivity contribution is 5.88. The maximum Gasteiger partial charge on any atom is 0.407 e. The van der Waals surface area contributed by atoms with Gasteiger partial charge in [0.05, 0.1) is 13.2 Å². The molecule has 0 saturated heterocycles. The molecule has 1 amide bonds. The Hall–Kier alpha value is -1.06. The van der Waals surface area contributed by atoms with E-state index in [1.54, 1.807) is 0 Å². The first-order chi connectivity index (χ1) is 6.02. The van der Waals surface area contributed by atoms with Crippen molar-refractivity contribution < 1.29 is 14.3 Å². The number of alkyl carbamates (subject to hydrolysis) is 1. The van der Waals surface area contributed by atoms with Gasteiger partial charge in [0.25, 0.3) is 0 Å². The number of ketones is 1. The third-order valence-electron chi connectivity index (χ3n) is 1.80. The van der Waals surface area contributed by atoms with Crippen molar-refractivity contribution in [3.05, 3.63) is 0 Å². The monoisotopic (exact) mass is 187 g/mol. The molecule has 0 aromatic heterocycles. The van der Waals surface area contributed by atoms with Crippen LogP contribution in [0.1, 0.15) is 27.2 Å². The quantitative estimate of drug-likeness (QED) is 0.722. The SMILES string of the molecule is CCC(NC(=O)OC)C(=O)C(C)C. The lowest BCUT2D eigenvalue weighted by atomic mass is 10.0. The van der Waals surface area contributed by atoms with E-state index in [-0.39, 0.29) is 11.7 Å². The highest BCUT2D eigenvalue weighted by atomic mass is 16.5. The van der Waals surface area contributed by atoms with E-state index in [9.17, 15) is 9.59 Å². The molecule has 4 heteroatoms. The van der Waals surface area contributed by atoms with Gasteiger partial charge in [-0.3, -0.25) is 4.79 Å². The van der Waals surface area contributed by atoms with Crippen LogP contribution >= 0.6 is 0 Å². The van der Waals surface area contributed by atoms with Crippen molar-refractivity contribution >= 4 is 11.9 Å². The van der Waals surface area contributed by atoms with Gasteiger partial charge in [-0.15, -0.1) is 0 Å². The molecule has 0 aliphatic heterocycles. The van der Waals surface area contributed by atoms with Crippen LogP contribution in [-0.2, 0) is 9.53 Å². The van der Waals surface area contributed by atoms with Crippen molar-refractivity contribution in [1.82, 2.24) is 5.32 Å². The summed E-state index contributed by atoms with van der Waals surface area (Å²) in [6.45, 7) is 5.47. The van der Waals surface area contributed by atoms with Crippen LogP contribution in [0.15, 0.2) is 0 Å². The zero-order chi connectivity index (χ0) is 10.4. The van der Waals surface area contributed by atoms with Crippen LogP contribution in [0.3, 0.4) is 0 Å². The van der Waals surface area contributed by atoms with Crippen molar-refractivity contribution in [2.45, 2.75) is 33.2 Å². The fourth-order valence-electron chi connectivity index (χ4n) is 0.978. The molecule has 0 fully saturated rings. The molecule has 0 radical (unpaired) electrons. The normalized spacial score (nSPS) is 12.4. The topological polar surface area (TPSA) is 55.4 Å². The van der Waals surface area contributed by atoms with Crippen molar-refractivity contribution in [1.29, 1.82) is 0 Å². The molecule has 0 spiro atoms. The minimum absolute atomic E-state index is 0.0351. The Balaban J connectivity index is 4.18. The number of ether oxygens (including phenoxy) is 1. The average Bonchev–Trinajstić information content (AvgIpc) is 2.12. The third kappa shape index (κ3) is 3.92. The molecule has 4 nitrogen and oxygen atoms in total. The summed E-state index contributed by atoms with van der Waals surface area (Å²) in [6, 6.07) is -0.424. The van der Waals surface area contributed by atoms with Crippen LogP contribution in [0.4, 0.5) is 4.79 Å². The summed E-state index contributed by atoms with van der Waals surface area (Å²) in [5, 5.41) is 2.49. The van der Waals surface area contributed by atoms with Crippen LogP contribution in [0, 0.1) is 5.92 Å². The van der Waals surface area contributed by atoms with Gasteiger partial charge >= 0.3 is 6.09 Å². The fourth-order valence-corrected chi connectivity index (χ4v) is 0.978. The third-order valence-corrected chi connectivity index (χ3v) is 1.80. The molecule has 1 atom stereocenters. The van der Waals surface area contributed by atoms with Gasteiger partial charge in [-0.05, 0) is 6.42 Å². The first kappa shape index (κ1) is 11.9. The number of nitrogens with one attached hydrogen (secondary N) is 1. The number of carbonyl (C=O) groups is 2. The van der Waals surface area contributed by atoms with E-state index in [1.807, 2.05) is 20.8 Å². The van der Waals surface area contributed by atoms with Crippen LogP contribution in [0.2, 0.25) is 0 Å². The summed E-state index contributed by atoms with van der Waals surface area (Å²) >= 11 is 0. The molecule has 0 bridgehead atoms. The van der Waals surface area contributed by atoms with Crippen molar-refractivity contribution in [3.8, 4) is 0 Å². The number of rotatable bonds is 4. The van der Waals surface area contributed by atoms with Gasteiger partial charge in [0.15, 0.2) is 5.78 Å². The lowest BCUT2D eigenvalue weighted by Gasteiger charge is -2.16. The Labute approximate surface area is 78.6 Å². The van der Waals surface area contributed by atoms with E-state index < -0.39 is 12.1 Å². The van der Waals surface area contributed by atoms with Gasteiger partial charge in [0.1, 0.15) is 0 Å².